The molecular weight excluding hydrogens is 387 g/mol. The zero-order valence-corrected chi connectivity index (χ0v) is 16.7. The zero-order valence-electron chi connectivity index (χ0n) is 15.9. The molecule has 2 N–H and O–H groups in total. The lowest BCUT2D eigenvalue weighted by Gasteiger charge is -2.33. The number of halogens is 3. The molecule has 2 atom stereocenters. The molecule has 1 aromatic heterocycles. The van der Waals surface area contributed by atoms with Crippen LogP contribution in [0.1, 0.15) is 66.1 Å². The minimum atomic E-state index is -4.11. The van der Waals surface area contributed by atoms with Crippen molar-refractivity contribution in [3.05, 3.63) is 21.9 Å². The van der Waals surface area contributed by atoms with Gasteiger partial charge in [0.2, 0.25) is 0 Å². The summed E-state index contributed by atoms with van der Waals surface area (Å²) in [6.07, 6.45) is 3.03. The molecule has 1 aliphatic heterocycles. The number of thiophene rings is 1. The van der Waals surface area contributed by atoms with Crippen LogP contribution in [-0.2, 0) is 0 Å². The quantitative estimate of drug-likeness (QED) is 0.741. The molecule has 1 amide bonds. The summed E-state index contributed by atoms with van der Waals surface area (Å²) in [7, 11) is 0. The van der Waals surface area contributed by atoms with Gasteiger partial charge in [0.05, 0.1) is 12.1 Å². The molecule has 8 heteroatoms. The van der Waals surface area contributed by atoms with E-state index < -0.39 is 12.7 Å². The van der Waals surface area contributed by atoms with Crippen molar-refractivity contribution in [1.82, 2.24) is 15.5 Å². The fraction of sp³-hybridized carbons (Fsp3) is 0.750. The second-order valence-corrected chi connectivity index (χ2v) is 9.42. The fourth-order valence-electron chi connectivity index (χ4n) is 4.51. The van der Waals surface area contributed by atoms with Crippen molar-refractivity contribution in [2.24, 2.45) is 0 Å². The topological polar surface area (TPSA) is 44.4 Å². The summed E-state index contributed by atoms with van der Waals surface area (Å²) in [4.78, 5) is 15.1. The number of rotatable bonds is 6. The van der Waals surface area contributed by atoms with Crippen LogP contribution in [0.25, 0.3) is 0 Å². The maximum atomic E-state index is 12.5. The number of hydrogen-bond donors (Lipinski definition) is 2. The molecule has 2 aliphatic carbocycles. The van der Waals surface area contributed by atoms with E-state index in [2.05, 4.69) is 10.6 Å². The van der Waals surface area contributed by atoms with Gasteiger partial charge in [-0.05, 0) is 51.3 Å². The second-order valence-electron chi connectivity index (χ2n) is 8.47. The Balaban J connectivity index is 1.21. The highest BCUT2D eigenvalue weighted by Gasteiger charge is 2.41. The van der Waals surface area contributed by atoms with E-state index in [4.69, 9.17) is 0 Å². The monoisotopic (exact) mass is 415 g/mol. The largest absolute Gasteiger partial charge is 0.401 e. The van der Waals surface area contributed by atoms with Gasteiger partial charge in [-0.2, -0.15) is 13.2 Å². The van der Waals surface area contributed by atoms with Crippen molar-refractivity contribution in [2.45, 2.75) is 75.2 Å². The van der Waals surface area contributed by atoms with Crippen LogP contribution in [0.3, 0.4) is 0 Å². The summed E-state index contributed by atoms with van der Waals surface area (Å²) < 4.78 is 37.5. The molecule has 2 saturated carbocycles. The van der Waals surface area contributed by atoms with Crippen molar-refractivity contribution in [3.63, 3.8) is 0 Å². The first-order chi connectivity index (χ1) is 13.4. The Morgan fingerprint density at radius 3 is 2.54 bits per heavy atom. The highest BCUT2D eigenvalue weighted by molar-refractivity contribution is 7.10. The molecule has 3 fully saturated rings. The third-order valence-corrected chi connectivity index (χ3v) is 7.23. The van der Waals surface area contributed by atoms with Crippen molar-refractivity contribution < 1.29 is 18.0 Å². The first-order valence-electron chi connectivity index (χ1n) is 10.3. The van der Waals surface area contributed by atoms with Crippen LogP contribution < -0.4 is 10.6 Å². The molecule has 3 aliphatic rings. The number of nitrogens with zero attached hydrogens (tertiary/aromatic N) is 1. The molecule has 0 aromatic carbocycles. The number of carbonyl (C=O) groups excluding carboxylic acids is 1. The highest BCUT2D eigenvalue weighted by atomic mass is 32.1. The molecule has 0 bridgehead atoms. The predicted octanol–water partition coefficient (Wildman–Crippen LogP) is 3.89. The van der Waals surface area contributed by atoms with E-state index >= 15 is 0 Å². The van der Waals surface area contributed by atoms with Gasteiger partial charge in [-0.15, -0.1) is 11.3 Å². The van der Waals surface area contributed by atoms with E-state index in [1.807, 2.05) is 11.4 Å². The number of nitrogens with one attached hydrogen (secondary N) is 2. The third kappa shape index (κ3) is 5.27. The molecule has 0 spiro atoms. The standard InChI is InChI=1S/C20H28F3N3OS/c21-20(22,23)12-26-7-5-15(6-8-26)24-17-10-16(17)18-9-13(11-28-18)19(27)25-14-3-1-2-4-14/h9,11,14-17,24H,1-8,10,12H2,(H,25,27). The van der Waals surface area contributed by atoms with Crippen LogP contribution in [0, 0.1) is 0 Å². The van der Waals surface area contributed by atoms with Gasteiger partial charge in [0, 0.05) is 34.3 Å². The first kappa shape index (κ1) is 20.2. The van der Waals surface area contributed by atoms with Crippen LogP contribution in [0.15, 0.2) is 11.4 Å². The van der Waals surface area contributed by atoms with Crippen molar-refractivity contribution in [1.29, 1.82) is 0 Å². The molecule has 1 aromatic rings. The Morgan fingerprint density at radius 2 is 1.86 bits per heavy atom. The van der Waals surface area contributed by atoms with Crippen molar-refractivity contribution >= 4 is 17.2 Å². The summed E-state index contributed by atoms with van der Waals surface area (Å²) in [6, 6.07) is 3.04. The fourth-order valence-corrected chi connectivity index (χ4v) is 5.58. The number of carbonyl (C=O) groups is 1. The van der Waals surface area contributed by atoms with E-state index in [0.717, 1.165) is 37.7 Å². The molecule has 2 heterocycles. The average Bonchev–Trinajstić information content (AvgIpc) is 3.03. The van der Waals surface area contributed by atoms with Gasteiger partial charge < -0.3 is 10.6 Å². The van der Waals surface area contributed by atoms with Crippen LogP contribution in [0.2, 0.25) is 0 Å². The minimum Gasteiger partial charge on any atom is -0.349 e. The molecule has 0 radical (unpaired) electrons. The van der Waals surface area contributed by atoms with E-state index in [0.29, 0.717) is 37.1 Å². The van der Waals surface area contributed by atoms with Gasteiger partial charge in [-0.25, -0.2) is 0 Å². The summed E-state index contributed by atoms with van der Waals surface area (Å²) in [5.41, 5.74) is 0.762. The summed E-state index contributed by atoms with van der Waals surface area (Å²) in [5, 5.41) is 8.70. The van der Waals surface area contributed by atoms with Crippen LogP contribution in [0.5, 0.6) is 0 Å². The summed E-state index contributed by atoms with van der Waals surface area (Å²) in [6.45, 7) is 0.199. The first-order valence-corrected chi connectivity index (χ1v) is 11.2. The number of amides is 1. The van der Waals surface area contributed by atoms with Crippen LogP contribution >= 0.6 is 11.3 Å². The lowest BCUT2D eigenvalue weighted by atomic mass is 10.0. The van der Waals surface area contributed by atoms with Crippen molar-refractivity contribution in [3.8, 4) is 0 Å². The molecule has 1 saturated heterocycles. The molecule has 2 unspecified atom stereocenters. The average molecular weight is 416 g/mol. The highest BCUT2D eigenvalue weighted by Crippen LogP contribution is 2.44. The maximum Gasteiger partial charge on any atom is 0.401 e. The minimum absolute atomic E-state index is 0.0385. The summed E-state index contributed by atoms with van der Waals surface area (Å²) >= 11 is 1.64. The van der Waals surface area contributed by atoms with Crippen LogP contribution in [-0.4, -0.2) is 54.7 Å². The number of piperidine rings is 1. The molecule has 4 nitrogen and oxygen atoms in total. The maximum absolute atomic E-state index is 12.5. The SMILES string of the molecule is O=C(NC1CCCC1)c1csc(C2CC2NC2CCN(CC(F)(F)F)CC2)c1. The third-order valence-electron chi connectivity index (χ3n) is 6.17. The van der Waals surface area contributed by atoms with Gasteiger partial charge in [0.25, 0.3) is 5.91 Å². The molecule has 4 rings (SSSR count). The van der Waals surface area contributed by atoms with Gasteiger partial charge in [-0.3, -0.25) is 9.69 Å². The van der Waals surface area contributed by atoms with E-state index in [-0.39, 0.29) is 5.91 Å². The Hall–Kier alpha value is -1.12. The second kappa shape index (κ2) is 8.32. The molecule has 156 valence electrons. The predicted molar refractivity (Wildman–Crippen MR) is 104 cm³/mol. The van der Waals surface area contributed by atoms with E-state index in [1.165, 1.54) is 22.6 Å². The zero-order chi connectivity index (χ0) is 19.7. The normalized spacial score (nSPS) is 27.2. The van der Waals surface area contributed by atoms with Crippen LogP contribution in [0.4, 0.5) is 13.2 Å². The Bertz CT molecular complexity index is 678. The number of likely N-dealkylation sites (tertiary alicyclic amines) is 1. The Labute approximate surface area is 167 Å². The number of hydrogen-bond acceptors (Lipinski definition) is 4. The lowest BCUT2D eigenvalue weighted by Crippen LogP contribution is -2.46. The van der Waals surface area contributed by atoms with E-state index in [9.17, 15) is 18.0 Å². The number of alkyl halides is 3. The Morgan fingerprint density at radius 1 is 1.14 bits per heavy atom. The lowest BCUT2D eigenvalue weighted by molar-refractivity contribution is -0.148. The smallest absolute Gasteiger partial charge is 0.349 e. The van der Waals surface area contributed by atoms with E-state index in [1.54, 1.807) is 11.3 Å². The summed E-state index contributed by atoms with van der Waals surface area (Å²) in [5.74, 6) is 0.475. The molecular formula is C20H28F3N3OS. The Kier molecular flexibility index (Phi) is 5.99. The van der Waals surface area contributed by atoms with Gasteiger partial charge in [0.1, 0.15) is 0 Å². The van der Waals surface area contributed by atoms with Gasteiger partial charge in [-0.1, -0.05) is 12.8 Å². The van der Waals surface area contributed by atoms with Gasteiger partial charge in [0.15, 0.2) is 0 Å². The molecule has 28 heavy (non-hydrogen) atoms. The van der Waals surface area contributed by atoms with Gasteiger partial charge >= 0.3 is 6.18 Å². The van der Waals surface area contributed by atoms with Crippen molar-refractivity contribution in [2.75, 3.05) is 19.6 Å².